The lowest BCUT2D eigenvalue weighted by atomic mass is 10.0. The summed E-state index contributed by atoms with van der Waals surface area (Å²) in [5.41, 5.74) is 0.715. The van der Waals surface area contributed by atoms with Crippen LogP contribution < -0.4 is 0 Å². The fourth-order valence-electron chi connectivity index (χ4n) is 2.80. The molecule has 4 nitrogen and oxygen atoms in total. The molecule has 1 heterocycles. The molecule has 0 saturated carbocycles. The van der Waals surface area contributed by atoms with Gasteiger partial charge in [0.2, 0.25) is 0 Å². The molecule has 0 aromatic heterocycles. The number of hydrogen-bond acceptors (Lipinski definition) is 3. The topological polar surface area (TPSA) is 46.4 Å². The molecular weight excluding hydrogens is 380 g/mol. The monoisotopic (exact) mass is 392 g/mol. The van der Waals surface area contributed by atoms with Crippen LogP contribution in [0.3, 0.4) is 0 Å². The molecule has 118 valence electrons. The van der Waals surface area contributed by atoms with Crippen LogP contribution in [0.15, 0.2) is 58.7 Å². The molecule has 2 aromatic rings. The van der Waals surface area contributed by atoms with Gasteiger partial charge in [0.1, 0.15) is 0 Å². The van der Waals surface area contributed by atoms with Gasteiger partial charge in [-0.1, -0.05) is 27.5 Å². The Morgan fingerprint density at radius 2 is 1.70 bits per heavy atom. The molecule has 0 radical (unpaired) electrons. The average Bonchev–Trinajstić information content (AvgIpc) is 2.71. The van der Waals surface area contributed by atoms with E-state index in [9.17, 15) is 10.1 Å². The van der Waals surface area contributed by atoms with Crippen LogP contribution >= 0.6 is 27.5 Å². The van der Waals surface area contributed by atoms with Crippen molar-refractivity contribution in [3.63, 3.8) is 0 Å². The maximum Gasteiger partial charge on any atom is 0.306 e. The minimum atomic E-state index is -1.33. The highest BCUT2D eigenvalue weighted by Crippen LogP contribution is 2.44. The van der Waals surface area contributed by atoms with Crippen LogP contribution in [0, 0.1) is 10.1 Å². The van der Waals surface area contributed by atoms with Gasteiger partial charge in [-0.25, -0.2) is 0 Å². The maximum atomic E-state index is 13.0. The zero-order valence-corrected chi connectivity index (χ0v) is 14.9. The van der Waals surface area contributed by atoms with Crippen LogP contribution in [0.5, 0.6) is 0 Å². The smallest absolute Gasteiger partial charge is 0.306 e. The zero-order valence-electron chi connectivity index (χ0n) is 12.6. The fraction of sp³-hybridized carbons (Fsp3) is 0.176. The van der Waals surface area contributed by atoms with Gasteiger partial charge in [0, 0.05) is 26.9 Å². The van der Waals surface area contributed by atoms with Crippen molar-refractivity contribution in [2.45, 2.75) is 19.5 Å². The van der Waals surface area contributed by atoms with Crippen molar-refractivity contribution in [3.05, 3.63) is 85.0 Å². The second-order valence-electron chi connectivity index (χ2n) is 5.56. The summed E-state index contributed by atoms with van der Waals surface area (Å²) in [6.45, 7) is 3.29. The third kappa shape index (κ3) is 2.49. The highest BCUT2D eigenvalue weighted by atomic mass is 79.9. The Labute approximate surface area is 147 Å². The van der Waals surface area contributed by atoms with Gasteiger partial charge in [0.05, 0.1) is 16.0 Å². The maximum absolute atomic E-state index is 13.0. The van der Waals surface area contributed by atoms with E-state index in [0.29, 0.717) is 27.5 Å². The van der Waals surface area contributed by atoms with Crippen LogP contribution in [0.1, 0.15) is 25.0 Å². The number of hydroxylamine groups is 2. The molecule has 0 N–H and O–H groups in total. The van der Waals surface area contributed by atoms with E-state index >= 15 is 0 Å². The molecule has 6 heteroatoms. The lowest BCUT2D eigenvalue weighted by molar-refractivity contribution is -0.565. The number of halogens is 2. The Morgan fingerprint density at radius 3 is 2.26 bits per heavy atom. The highest BCUT2D eigenvalue weighted by molar-refractivity contribution is 9.10. The number of nitroso groups, excluding NO2 is 1. The molecule has 0 fully saturated rings. The van der Waals surface area contributed by atoms with Crippen LogP contribution in [0.25, 0.3) is 5.70 Å². The largest absolute Gasteiger partial charge is 0.753 e. The van der Waals surface area contributed by atoms with Gasteiger partial charge in [0.15, 0.2) is 0 Å². The lowest BCUT2D eigenvalue weighted by Gasteiger charge is -2.35. The van der Waals surface area contributed by atoms with E-state index in [1.54, 1.807) is 50.2 Å². The molecule has 0 bridgehead atoms. The van der Waals surface area contributed by atoms with Crippen molar-refractivity contribution in [1.82, 2.24) is 5.06 Å². The van der Waals surface area contributed by atoms with E-state index in [2.05, 4.69) is 15.9 Å². The molecule has 0 spiro atoms. The normalized spacial score (nSPS) is 21.3. The van der Waals surface area contributed by atoms with E-state index in [4.69, 9.17) is 11.6 Å². The van der Waals surface area contributed by atoms with Gasteiger partial charge in [0.25, 0.3) is 5.70 Å². The van der Waals surface area contributed by atoms with Crippen LogP contribution in [0.4, 0.5) is 0 Å². The van der Waals surface area contributed by atoms with Gasteiger partial charge in [-0.2, -0.15) is 0 Å². The SMILES string of the molecule is CC1=C(c2ccc(Cl)cc2)[N+](=O)[C@](C)(c2ccc(Br)cc2)N1[O-]. The first-order valence-electron chi connectivity index (χ1n) is 7.03. The minimum absolute atomic E-state index is 0.363. The summed E-state index contributed by atoms with van der Waals surface area (Å²) in [5.74, 6) is 0. The summed E-state index contributed by atoms with van der Waals surface area (Å²) in [5, 5.41) is 14.1. The number of hydrogen-bond donors (Lipinski definition) is 0. The summed E-state index contributed by atoms with van der Waals surface area (Å²) < 4.78 is 1.67. The van der Waals surface area contributed by atoms with Crippen molar-refractivity contribution >= 4 is 33.2 Å². The number of nitrogens with zero attached hydrogens (tertiary/aromatic N) is 2. The first-order chi connectivity index (χ1) is 10.9. The summed E-state index contributed by atoms with van der Waals surface area (Å²) in [4.78, 5) is 13.0. The van der Waals surface area contributed by atoms with Crippen molar-refractivity contribution < 1.29 is 4.76 Å². The van der Waals surface area contributed by atoms with Crippen molar-refractivity contribution in [2.75, 3.05) is 0 Å². The highest BCUT2D eigenvalue weighted by Gasteiger charge is 2.54. The number of rotatable bonds is 2. The molecule has 23 heavy (non-hydrogen) atoms. The van der Waals surface area contributed by atoms with Gasteiger partial charge in [-0.3, -0.25) is 0 Å². The molecule has 1 atom stereocenters. The Morgan fingerprint density at radius 1 is 1.13 bits per heavy atom. The van der Waals surface area contributed by atoms with E-state index < -0.39 is 5.66 Å². The molecule has 1 aliphatic rings. The van der Waals surface area contributed by atoms with Crippen LogP contribution in [0.2, 0.25) is 5.02 Å². The summed E-state index contributed by atoms with van der Waals surface area (Å²) in [7, 11) is 0. The van der Waals surface area contributed by atoms with Crippen molar-refractivity contribution in [2.24, 2.45) is 0 Å². The quantitative estimate of drug-likeness (QED) is 0.654. The van der Waals surface area contributed by atoms with Crippen LogP contribution in [-0.2, 0) is 5.66 Å². The van der Waals surface area contributed by atoms with E-state index in [1.807, 2.05) is 12.1 Å². The summed E-state index contributed by atoms with van der Waals surface area (Å²) >= 11 is 9.26. The predicted molar refractivity (Wildman–Crippen MR) is 94.4 cm³/mol. The van der Waals surface area contributed by atoms with Gasteiger partial charge >= 0.3 is 5.66 Å². The Kier molecular flexibility index (Phi) is 4.04. The van der Waals surface area contributed by atoms with Gasteiger partial charge in [-0.05, 0) is 55.5 Å². The lowest BCUT2D eigenvalue weighted by Crippen LogP contribution is -2.41. The second-order valence-corrected chi connectivity index (χ2v) is 6.91. The van der Waals surface area contributed by atoms with Crippen molar-refractivity contribution in [3.8, 4) is 0 Å². The molecule has 1 aliphatic heterocycles. The van der Waals surface area contributed by atoms with Crippen molar-refractivity contribution in [1.29, 1.82) is 0 Å². The Bertz CT molecular complexity index is 802. The van der Waals surface area contributed by atoms with E-state index in [0.717, 1.165) is 14.3 Å². The molecule has 0 amide bonds. The van der Waals surface area contributed by atoms with E-state index in [1.165, 1.54) is 0 Å². The number of allylic oxidation sites excluding steroid dienone is 1. The molecule has 2 aromatic carbocycles. The van der Waals surface area contributed by atoms with Gasteiger partial charge in [-0.15, -0.1) is 0 Å². The first-order valence-corrected chi connectivity index (χ1v) is 8.20. The second kappa shape index (κ2) is 5.74. The third-order valence-electron chi connectivity index (χ3n) is 4.15. The summed E-state index contributed by atoms with van der Waals surface area (Å²) in [6, 6.07) is 14.1. The Balaban J connectivity index is 2.09. The third-order valence-corrected chi connectivity index (χ3v) is 4.93. The van der Waals surface area contributed by atoms with E-state index in [-0.39, 0.29) is 0 Å². The predicted octanol–water partition coefficient (Wildman–Crippen LogP) is 5.26. The zero-order chi connectivity index (χ0) is 16.8. The summed E-state index contributed by atoms with van der Waals surface area (Å²) in [6.07, 6.45) is 0. The minimum Gasteiger partial charge on any atom is -0.753 e. The molecule has 3 rings (SSSR count). The molecule has 0 saturated heterocycles. The number of benzene rings is 2. The standard InChI is InChI=1S/C17H14BrClN2O2/c1-11-16(12-3-9-15(19)10-4-12)21(23)17(2,20(11)22)13-5-7-14(18)8-6-13/h3-10H,1-2H3/t17-/m1/s1. The molecule has 0 unspecified atom stereocenters. The average molecular weight is 394 g/mol. The Hall–Kier alpha value is -1.69. The fourth-order valence-corrected chi connectivity index (χ4v) is 3.19. The first kappa shape index (κ1) is 16.2. The molecule has 0 aliphatic carbocycles. The van der Waals surface area contributed by atoms with Gasteiger partial charge < -0.3 is 10.3 Å². The molecular formula is C17H14BrClN2O2. The van der Waals surface area contributed by atoms with Crippen LogP contribution in [-0.4, -0.2) is 9.82 Å².